The van der Waals surface area contributed by atoms with E-state index in [1.807, 2.05) is 18.2 Å². The predicted octanol–water partition coefficient (Wildman–Crippen LogP) is 3.93. The van der Waals surface area contributed by atoms with Gasteiger partial charge in [-0.1, -0.05) is 23.4 Å². The maximum absolute atomic E-state index is 7.36. The minimum absolute atomic E-state index is 0.0293. The van der Waals surface area contributed by atoms with Gasteiger partial charge in [0.1, 0.15) is 10.9 Å². The van der Waals surface area contributed by atoms with Crippen LogP contribution in [0.15, 0.2) is 50.9 Å². The van der Waals surface area contributed by atoms with Crippen LogP contribution >= 0.6 is 39.3 Å². The Balaban J connectivity index is 2.22. The average Bonchev–Trinajstić information content (AvgIpc) is 2.32. The van der Waals surface area contributed by atoms with E-state index in [0.29, 0.717) is 10.6 Å². The summed E-state index contributed by atoms with van der Waals surface area (Å²) in [6, 6.07) is 9.25. The van der Waals surface area contributed by atoms with E-state index in [1.165, 1.54) is 11.8 Å². The highest BCUT2D eigenvalue weighted by Crippen LogP contribution is 2.30. The Kier molecular flexibility index (Phi) is 4.27. The Labute approximate surface area is 122 Å². The van der Waals surface area contributed by atoms with Crippen molar-refractivity contribution in [1.29, 1.82) is 5.41 Å². The molecule has 3 nitrogen and oxygen atoms in total. The minimum Gasteiger partial charge on any atom is -0.384 e. The summed E-state index contributed by atoms with van der Waals surface area (Å²) >= 11 is 10.9. The lowest BCUT2D eigenvalue weighted by molar-refractivity contribution is 1.12. The van der Waals surface area contributed by atoms with E-state index in [2.05, 4.69) is 20.9 Å². The molecule has 0 aliphatic rings. The molecule has 2 rings (SSSR count). The van der Waals surface area contributed by atoms with Gasteiger partial charge in [0.15, 0.2) is 0 Å². The monoisotopic (exact) mass is 341 g/mol. The van der Waals surface area contributed by atoms with E-state index in [1.54, 1.807) is 18.3 Å². The van der Waals surface area contributed by atoms with Crippen molar-refractivity contribution in [3.63, 3.8) is 0 Å². The number of pyridine rings is 1. The maximum atomic E-state index is 7.36. The Morgan fingerprint density at radius 1 is 1.33 bits per heavy atom. The first-order valence-corrected chi connectivity index (χ1v) is 6.98. The summed E-state index contributed by atoms with van der Waals surface area (Å²) in [6.07, 6.45) is 1.74. The predicted molar refractivity (Wildman–Crippen MR) is 78.5 cm³/mol. The molecule has 0 aliphatic carbocycles. The molecule has 0 saturated heterocycles. The number of benzene rings is 1. The Bertz CT molecular complexity index is 586. The fourth-order valence-corrected chi connectivity index (χ4v) is 2.70. The van der Waals surface area contributed by atoms with Crippen LogP contribution in [0, 0.1) is 5.41 Å². The molecule has 92 valence electrons. The van der Waals surface area contributed by atoms with E-state index >= 15 is 0 Å². The molecule has 0 atom stereocenters. The van der Waals surface area contributed by atoms with Crippen molar-refractivity contribution in [1.82, 2.24) is 4.98 Å². The summed E-state index contributed by atoms with van der Waals surface area (Å²) in [5.41, 5.74) is 5.95. The van der Waals surface area contributed by atoms with Crippen molar-refractivity contribution in [3.8, 4) is 0 Å². The SMILES string of the molecule is N=C(N)c1ccc(Sc2ccc(Br)cn2)cc1Cl. The summed E-state index contributed by atoms with van der Waals surface area (Å²) in [4.78, 5) is 5.22. The van der Waals surface area contributed by atoms with Crippen molar-refractivity contribution in [2.75, 3.05) is 0 Å². The second-order valence-electron chi connectivity index (χ2n) is 3.47. The van der Waals surface area contributed by atoms with Crippen LogP contribution in [-0.2, 0) is 0 Å². The normalized spacial score (nSPS) is 10.3. The second-order valence-corrected chi connectivity index (χ2v) is 5.89. The molecular weight excluding hydrogens is 334 g/mol. The first-order chi connectivity index (χ1) is 8.56. The number of rotatable bonds is 3. The van der Waals surface area contributed by atoms with Gasteiger partial charge in [0.25, 0.3) is 0 Å². The van der Waals surface area contributed by atoms with E-state index < -0.39 is 0 Å². The molecule has 0 bridgehead atoms. The fourth-order valence-electron chi connectivity index (χ4n) is 1.32. The molecule has 1 aromatic heterocycles. The summed E-state index contributed by atoms with van der Waals surface area (Å²) in [6.45, 7) is 0. The smallest absolute Gasteiger partial charge is 0.124 e. The highest BCUT2D eigenvalue weighted by Gasteiger charge is 2.06. The van der Waals surface area contributed by atoms with Crippen molar-refractivity contribution < 1.29 is 0 Å². The van der Waals surface area contributed by atoms with Crippen LogP contribution < -0.4 is 5.73 Å². The summed E-state index contributed by atoms with van der Waals surface area (Å²) in [5, 5.41) is 8.72. The van der Waals surface area contributed by atoms with Gasteiger partial charge in [0.05, 0.1) is 5.02 Å². The summed E-state index contributed by atoms with van der Waals surface area (Å²) in [7, 11) is 0. The van der Waals surface area contributed by atoms with E-state index in [0.717, 1.165) is 14.4 Å². The molecule has 6 heteroatoms. The van der Waals surface area contributed by atoms with Crippen molar-refractivity contribution in [2.24, 2.45) is 5.73 Å². The molecule has 1 heterocycles. The zero-order chi connectivity index (χ0) is 13.1. The van der Waals surface area contributed by atoms with Crippen molar-refractivity contribution in [3.05, 3.63) is 51.6 Å². The quantitative estimate of drug-likeness (QED) is 0.656. The van der Waals surface area contributed by atoms with Gasteiger partial charge < -0.3 is 5.73 Å². The second kappa shape index (κ2) is 5.73. The van der Waals surface area contributed by atoms with Gasteiger partial charge in [0.2, 0.25) is 0 Å². The molecule has 0 unspecified atom stereocenters. The number of nitrogens with one attached hydrogen (secondary N) is 1. The Morgan fingerprint density at radius 2 is 2.11 bits per heavy atom. The molecule has 0 fully saturated rings. The van der Waals surface area contributed by atoms with Gasteiger partial charge in [-0.3, -0.25) is 5.41 Å². The van der Waals surface area contributed by atoms with Crippen LogP contribution in [0.2, 0.25) is 5.02 Å². The van der Waals surface area contributed by atoms with Crippen LogP contribution in [0.4, 0.5) is 0 Å². The standard InChI is InChI=1S/C12H9BrClN3S/c13-7-1-4-11(17-6-7)18-8-2-3-9(12(15)16)10(14)5-8/h1-6H,(H3,15,16). The van der Waals surface area contributed by atoms with Crippen molar-refractivity contribution >= 4 is 45.1 Å². The van der Waals surface area contributed by atoms with Crippen LogP contribution in [0.1, 0.15) is 5.56 Å². The number of hydrogen-bond acceptors (Lipinski definition) is 3. The molecule has 0 spiro atoms. The molecule has 1 aromatic carbocycles. The lowest BCUT2D eigenvalue weighted by Crippen LogP contribution is -2.11. The zero-order valence-electron chi connectivity index (χ0n) is 9.15. The highest BCUT2D eigenvalue weighted by atomic mass is 79.9. The number of hydrogen-bond donors (Lipinski definition) is 2. The fraction of sp³-hybridized carbons (Fsp3) is 0. The first kappa shape index (κ1) is 13.4. The molecular formula is C12H9BrClN3S. The van der Waals surface area contributed by atoms with E-state index in [9.17, 15) is 0 Å². The van der Waals surface area contributed by atoms with Gasteiger partial charge in [-0.05, 0) is 46.3 Å². The molecule has 3 N–H and O–H groups in total. The number of halogens is 2. The van der Waals surface area contributed by atoms with Crippen molar-refractivity contribution in [2.45, 2.75) is 9.92 Å². The number of aromatic nitrogens is 1. The number of nitrogen functional groups attached to an aromatic ring is 1. The zero-order valence-corrected chi connectivity index (χ0v) is 12.3. The third-order valence-corrected chi connectivity index (χ3v) is 3.88. The number of nitrogens with zero attached hydrogens (tertiary/aromatic N) is 1. The van der Waals surface area contributed by atoms with Crippen LogP contribution in [-0.4, -0.2) is 10.8 Å². The highest BCUT2D eigenvalue weighted by molar-refractivity contribution is 9.10. The van der Waals surface area contributed by atoms with Crippen LogP contribution in [0.3, 0.4) is 0 Å². The van der Waals surface area contributed by atoms with Gasteiger partial charge in [-0.25, -0.2) is 4.98 Å². The first-order valence-electron chi connectivity index (χ1n) is 4.99. The van der Waals surface area contributed by atoms with Gasteiger partial charge >= 0.3 is 0 Å². The largest absolute Gasteiger partial charge is 0.384 e. The molecule has 0 amide bonds. The Morgan fingerprint density at radius 3 is 2.67 bits per heavy atom. The van der Waals surface area contributed by atoms with E-state index in [4.69, 9.17) is 22.7 Å². The lowest BCUT2D eigenvalue weighted by atomic mass is 10.2. The summed E-state index contributed by atoms with van der Waals surface area (Å²) in [5.74, 6) is -0.0293. The molecule has 0 saturated carbocycles. The maximum Gasteiger partial charge on any atom is 0.124 e. The molecule has 2 aromatic rings. The number of nitrogens with two attached hydrogens (primary N) is 1. The molecule has 18 heavy (non-hydrogen) atoms. The van der Waals surface area contributed by atoms with Gasteiger partial charge in [0, 0.05) is 21.1 Å². The third kappa shape index (κ3) is 3.25. The van der Waals surface area contributed by atoms with E-state index in [-0.39, 0.29) is 5.84 Å². The van der Waals surface area contributed by atoms with Gasteiger partial charge in [-0.15, -0.1) is 0 Å². The number of amidine groups is 1. The third-order valence-electron chi connectivity index (χ3n) is 2.15. The summed E-state index contributed by atoms with van der Waals surface area (Å²) < 4.78 is 0.941. The topological polar surface area (TPSA) is 62.8 Å². The minimum atomic E-state index is -0.0293. The van der Waals surface area contributed by atoms with Gasteiger partial charge in [-0.2, -0.15) is 0 Å². The molecule has 0 aliphatic heterocycles. The lowest BCUT2D eigenvalue weighted by Gasteiger charge is -2.05. The molecule has 0 radical (unpaired) electrons. The Hall–Kier alpha value is -1.04. The van der Waals surface area contributed by atoms with Crippen LogP contribution in [0.25, 0.3) is 0 Å². The van der Waals surface area contributed by atoms with Crippen LogP contribution in [0.5, 0.6) is 0 Å². The average molecular weight is 343 g/mol.